The molecule has 10 N–H and O–H groups in total. The number of fused-ring (bicyclic) bond motifs is 2. The van der Waals surface area contributed by atoms with Crippen LogP contribution < -0.4 is 0 Å². The second-order valence-corrected chi connectivity index (χ2v) is 18.4. The van der Waals surface area contributed by atoms with Crippen molar-refractivity contribution in [1.82, 2.24) is 0 Å². The average molecular weight is 997 g/mol. The molecule has 0 spiro atoms. The van der Waals surface area contributed by atoms with Gasteiger partial charge in [0.15, 0.2) is 0 Å². The molecular weight excluding hydrogens is 921 g/mol. The van der Waals surface area contributed by atoms with E-state index in [9.17, 15) is 60.7 Å². The van der Waals surface area contributed by atoms with E-state index in [4.69, 9.17) is 9.47 Å². The number of benzene rings is 2. The lowest BCUT2D eigenvalue weighted by Gasteiger charge is -2.22. The van der Waals surface area contributed by atoms with Crippen molar-refractivity contribution in [2.24, 2.45) is 0 Å². The summed E-state index contributed by atoms with van der Waals surface area (Å²) in [6.07, 6.45) is 21.8. The van der Waals surface area contributed by atoms with E-state index in [0.29, 0.717) is 11.1 Å². The van der Waals surface area contributed by atoms with E-state index in [1.807, 2.05) is 26.0 Å². The van der Waals surface area contributed by atoms with Crippen LogP contribution >= 0.6 is 0 Å². The standard InChI is InChI=1S/C58H76O14/c1-39-19-11-7-5-9-13-21-43-23-15-29-53(67)55(43)57(69)72-52(34-42(4)60)38-48(64)28-18-26-46(62)36-50(66)32-40(2)20-12-8-6-10-14-22-44-24-16-30-54(68)56(44)58(70)71-51(33-41(3)59)37-47(63)27-17-25-45(61)35-49(65)31-39/h5-26,29-30,41-42,45-52,59-68H,27-28,31-38H2,1-4H3/b9-5+,10-6+,11-7+,12-8+,21-13-,22-14-,25-17+,26-18+,39-19+,40-20+/t41-,42-,45-,46-,47+,48+,49+,50+,51+,52+/m1/s1. The van der Waals surface area contributed by atoms with Crippen molar-refractivity contribution in [3.63, 3.8) is 0 Å². The molecule has 0 saturated heterocycles. The van der Waals surface area contributed by atoms with Gasteiger partial charge in [-0.3, -0.25) is 0 Å². The number of aliphatic hydroxyl groups is 8. The lowest BCUT2D eigenvalue weighted by molar-refractivity contribution is -0.00168. The second kappa shape index (κ2) is 32.9. The Balaban J connectivity index is 1.82. The molecule has 72 heavy (non-hydrogen) atoms. The molecule has 0 fully saturated rings. The monoisotopic (exact) mass is 997 g/mol. The van der Waals surface area contributed by atoms with Gasteiger partial charge in [-0.25, -0.2) is 9.59 Å². The predicted octanol–water partition coefficient (Wildman–Crippen LogP) is 7.95. The highest BCUT2D eigenvalue weighted by molar-refractivity contribution is 5.97. The van der Waals surface area contributed by atoms with Crippen molar-refractivity contribution in [2.45, 2.75) is 153 Å². The number of hydrogen-bond donors (Lipinski definition) is 10. The molecule has 3 rings (SSSR count). The first-order chi connectivity index (χ1) is 34.3. The van der Waals surface area contributed by atoms with Gasteiger partial charge in [-0.1, -0.05) is 145 Å². The van der Waals surface area contributed by atoms with Crippen LogP contribution in [-0.4, -0.2) is 124 Å². The van der Waals surface area contributed by atoms with Crippen LogP contribution in [0, 0.1) is 0 Å². The number of phenolic OH excluding ortho intramolecular Hbond substituents is 2. The molecule has 1 aliphatic heterocycles. The van der Waals surface area contributed by atoms with E-state index in [2.05, 4.69) is 0 Å². The van der Waals surface area contributed by atoms with Crippen LogP contribution in [-0.2, 0) is 9.47 Å². The molecule has 2 aromatic carbocycles. The van der Waals surface area contributed by atoms with E-state index in [1.54, 1.807) is 109 Å². The SMILES string of the molecule is C\C1=C/C=C/C=C/C=C\c2cccc(O)c2C(=O)O[C@@H](C[C@@H](C)O)C[C@@H](O)C/C=C/[C@@H](O)C[C@@H](O)C/C(C)=C/C=C/C=C/C=C\c2cccc(O)c2C(=O)O[C@@H](C[C@@H](C)O)C[C@@H](O)C/C=C/[C@@H](O)C[C@@H](O)C1. The van der Waals surface area contributed by atoms with Gasteiger partial charge in [0, 0.05) is 38.5 Å². The van der Waals surface area contributed by atoms with Crippen LogP contribution in [0.1, 0.15) is 124 Å². The predicted molar refractivity (Wildman–Crippen MR) is 281 cm³/mol. The van der Waals surface area contributed by atoms with E-state index in [-0.39, 0.29) is 86.8 Å². The number of rotatable bonds is 4. The second-order valence-electron chi connectivity index (χ2n) is 18.4. The summed E-state index contributed by atoms with van der Waals surface area (Å²) in [5, 5.41) is 106. The van der Waals surface area contributed by atoms with Gasteiger partial charge in [-0.05, 0) is 76.6 Å². The van der Waals surface area contributed by atoms with Gasteiger partial charge in [-0.2, -0.15) is 0 Å². The first-order valence-corrected chi connectivity index (χ1v) is 24.5. The molecule has 0 bridgehead atoms. The van der Waals surface area contributed by atoms with E-state index in [0.717, 1.165) is 11.1 Å². The molecule has 0 radical (unpaired) electrons. The number of esters is 2. The lowest BCUT2D eigenvalue weighted by atomic mass is 10.0. The summed E-state index contributed by atoms with van der Waals surface area (Å²) in [6, 6.07) is 9.14. The Kier molecular flexibility index (Phi) is 27.6. The normalized spacial score (nSPS) is 30.7. The Hall–Kier alpha value is -5.94. The van der Waals surface area contributed by atoms with E-state index in [1.165, 1.54) is 38.1 Å². The Morgan fingerprint density at radius 2 is 0.875 bits per heavy atom. The van der Waals surface area contributed by atoms with Gasteiger partial charge < -0.3 is 60.5 Å². The summed E-state index contributed by atoms with van der Waals surface area (Å²) in [5.74, 6) is -2.29. The summed E-state index contributed by atoms with van der Waals surface area (Å²) in [7, 11) is 0. The lowest BCUT2D eigenvalue weighted by Crippen LogP contribution is -2.27. The zero-order valence-electron chi connectivity index (χ0n) is 41.8. The Bertz CT molecular complexity index is 2130. The fourth-order valence-corrected chi connectivity index (χ4v) is 7.89. The number of ether oxygens (including phenoxy) is 2. The minimum Gasteiger partial charge on any atom is -0.507 e. The summed E-state index contributed by atoms with van der Waals surface area (Å²) in [4.78, 5) is 26.9. The number of phenols is 2. The summed E-state index contributed by atoms with van der Waals surface area (Å²) in [6.45, 7) is 6.75. The fraction of sp³-hybridized carbons (Fsp3) is 0.414. The number of hydrogen-bond acceptors (Lipinski definition) is 14. The van der Waals surface area contributed by atoms with Crippen LogP contribution in [0.15, 0.2) is 145 Å². The van der Waals surface area contributed by atoms with Gasteiger partial charge in [0.05, 0.1) is 48.8 Å². The van der Waals surface area contributed by atoms with Crippen LogP contribution in [0.3, 0.4) is 0 Å². The van der Waals surface area contributed by atoms with Crippen LogP contribution in [0.2, 0.25) is 0 Å². The molecule has 1 aliphatic rings. The van der Waals surface area contributed by atoms with Gasteiger partial charge in [0.2, 0.25) is 0 Å². The van der Waals surface area contributed by atoms with Crippen LogP contribution in [0.4, 0.5) is 0 Å². The van der Waals surface area contributed by atoms with Gasteiger partial charge in [0.25, 0.3) is 0 Å². The topological polar surface area (TPSA) is 255 Å². The zero-order valence-corrected chi connectivity index (χ0v) is 41.8. The zero-order chi connectivity index (χ0) is 53.0. The minimum absolute atomic E-state index is 0.0244. The van der Waals surface area contributed by atoms with Gasteiger partial charge in [0.1, 0.15) is 34.8 Å². The summed E-state index contributed by atoms with van der Waals surface area (Å²) in [5.41, 5.74) is 2.27. The fourth-order valence-electron chi connectivity index (χ4n) is 7.89. The third kappa shape index (κ3) is 24.5. The third-order valence-corrected chi connectivity index (χ3v) is 11.3. The Morgan fingerprint density at radius 1 is 0.514 bits per heavy atom. The molecule has 0 saturated carbocycles. The number of allylic oxidation sites excluding steroid dienone is 12. The summed E-state index contributed by atoms with van der Waals surface area (Å²) < 4.78 is 11.5. The molecular formula is C58H76O14. The quantitative estimate of drug-likeness (QED) is 0.103. The molecule has 10 atom stereocenters. The molecule has 1 heterocycles. The van der Waals surface area contributed by atoms with Gasteiger partial charge in [-0.15, -0.1) is 0 Å². The maximum atomic E-state index is 13.5. The van der Waals surface area contributed by atoms with Crippen molar-refractivity contribution in [3.05, 3.63) is 167 Å². The number of aliphatic hydroxyl groups excluding tert-OH is 8. The Labute approximate surface area is 424 Å². The maximum Gasteiger partial charge on any atom is 0.342 e. The van der Waals surface area contributed by atoms with E-state index < -0.39 is 73.0 Å². The first kappa shape index (κ1) is 60.4. The minimum atomic E-state index is -1.01. The van der Waals surface area contributed by atoms with Crippen LogP contribution in [0.25, 0.3) is 12.2 Å². The Morgan fingerprint density at radius 3 is 1.25 bits per heavy atom. The molecule has 14 nitrogen and oxygen atoms in total. The molecule has 0 amide bonds. The van der Waals surface area contributed by atoms with Crippen molar-refractivity contribution >= 4 is 24.1 Å². The molecule has 0 aliphatic carbocycles. The smallest absolute Gasteiger partial charge is 0.342 e. The summed E-state index contributed by atoms with van der Waals surface area (Å²) >= 11 is 0. The van der Waals surface area contributed by atoms with Crippen molar-refractivity contribution in [2.75, 3.05) is 0 Å². The molecule has 0 unspecified atom stereocenters. The molecule has 0 aromatic heterocycles. The highest BCUT2D eigenvalue weighted by Crippen LogP contribution is 2.27. The van der Waals surface area contributed by atoms with Crippen LogP contribution in [0.5, 0.6) is 11.5 Å². The largest absolute Gasteiger partial charge is 0.507 e. The third-order valence-electron chi connectivity index (χ3n) is 11.3. The molecule has 392 valence electrons. The molecule has 14 heteroatoms. The number of carbonyl (C=O) groups excluding carboxylic acids is 2. The highest BCUT2D eigenvalue weighted by Gasteiger charge is 2.26. The molecule has 2 aromatic rings. The number of carbonyl (C=O) groups is 2. The van der Waals surface area contributed by atoms with Gasteiger partial charge >= 0.3 is 11.9 Å². The van der Waals surface area contributed by atoms with Crippen molar-refractivity contribution in [3.8, 4) is 11.5 Å². The number of cyclic esters (lactones) is 2. The van der Waals surface area contributed by atoms with E-state index >= 15 is 0 Å². The highest BCUT2D eigenvalue weighted by atomic mass is 16.5. The van der Waals surface area contributed by atoms with Crippen molar-refractivity contribution in [1.29, 1.82) is 0 Å². The first-order valence-electron chi connectivity index (χ1n) is 24.5. The van der Waals surface area contributed by atoms with Crippen molar-refractivity contribution < 1.29 is 70.1 Å². The maximum absolute atomic E-state index is 13.5. The average Bonchev–Trinajstić information content (AvgIpc) is 3.27. The number of aromatic hydroxyl groups is 2.